The summed E-state index contributed by atoms with van der Waals surface area (Å²) in [6.45, 7) is 3.36. The van der Waals surface area contributed by atoms with Crippen LogP contribution >= 0.6 is 0 Å². The zero-order valence-corrected chi connectivity index (χ0v) is 19.3. The molecule has 1 aliphatic heterocycles. The first-order valence-corrected chi connectivity index (χ1v) is 12.1. The number of H-pyrrole nitrogens is 1. The van der Waals surface area contributed by atoms with Gasteiger partial charge in [0.05, 0.1) is 12.6 Å². The van der Waals surface area contributed by atoms with Crippen LogP contribution in [-0.4, -0.2) is 38.3 Å². The third-order valence-corrected chi connectivity index (χ3v) is 7.12. The highest BCUT2D eigenvalue weighted by Crippen LogP contribution is 2.39. The third kappa shape index (κ3) is 3.54. The van der Waals surface area contributed by atoms with Gasteiger partial charge in [0.1, 0.15) is 11.8 Å². The van der Waals surface area contributed by atoms with Gasteiger partial charge in [-0.1, -0.05) is 31.0 Å². The fourth-order valence-electron chi connectivity index (χ4n) is 5.53. The van der Waals surface area contributed by atoms with Crippen LogP contribution < -0.4 is 15.2 Å². The molecule has 0 unspecified atom stereocenters. The number of aromatic nitrogens is 5. The Morgan fingerprint density at radius 2 is 2.00 bits per heavy atom. The van der Waals surface area contributed by atoms with E-state index in [1.165, 1.54) is 18.4 Å². The van der Waals surface area contributed by atoms with Gasteiger partial charge in [0.2, 0.25) is 0 Å². The number of tetrazole rings is 1. The highest BCUT2D eigenvalue weighted by molar-refractivity contribution is 5.81. The standard InChI is InChI=1S/C26H28N6O2/c1-2-34-20-11-12-22-18(15-20)16-21(26(33)27-22)24(31-14-13-17-7-3-6-10-23(17)31)25-28-29-30-32(25)19-8-4-5-9-19/h3,6-7,10-12,15-16,19,24H,2,4-5,8-9,13-14H2,1H3,(H,27,33)/t24-/m0/s1. The molecular weight excluding hydrogens is 428 g/mol. The van der Waals surface area contributed by atoms with Gasteiger partial charge in [0.15, 0.2) is 5.82 Å². The van der Waals surface area contributed by atoms with Crippen LogP contribution in [0.3, 0.4) is 0 Å². The molecule has 174 valence electrons. The number of nitrogens with one attached hydrogen (secondary N) is 1. The number of rotatable bonds is 6. The quantitative estimate of drug-likeness (QED) is 0.468. The number of anilines is 1. The Kier molecular flexibility index (Phi) is 5.28. The lowest BCUT2D eigenvalue weighted by atomic mass is 10.0. The smallest absolute Gasteiger partial charge is 0.254 e. The molecule has 0 saturated heterocycles. The molecule has 1 aliphatic carbocycles. The molecule has 8 heteroatoms. The van der Waals surface area contributed by atoms with Gasteiger partial charge in [0.25, 0.3) is 5.56 Å². The average molecular weight is 457 g/mol. The van der Waals surface area contributed by atoms with Crippen molar-refractivity contribution in [3.05, 3.63) is 75.8 Å². The van der Waals surface area contributed by atoms with Crippen molar-refractivity contribution >= 4 is 16.6 Å². The summed E-state index contributed by atoms with van der Waals surface area (Å²) in [5, 5.41) is 13.9. The fourth-order valence-corrected chi connectivity index (χ4v) is 5.53. The second kappa shape index (κ2) is 8.59. The summed E-state index contributed by atoms with van der Waals surface area (Å²) < 4.78 is 7.68. The highest BCUT2D eigenvalue weighted by Gasteiger charge is 2.36. The Hall–Kier alpha value is -3.68. The number of aromatic amines is 1. The van der Waals surface area contributed by atoms with Crippen molar-refractivity contribution in [3.8, 4) is 5.75 Å². The maximum absolute atomic E-state index is 13.5. The van der Waals surface area contributed by atoms with Gasteiger partial charge < -0.3 is 14.6 Å². The van der Waals surface area contributed by atoms with Gasteiger partial charge in [-0.3, -0.25) is 4.79 Å². The van der Waals surface area contributed by atoms with Crippen LogP contribution in [0.25, 0.3) is 10.9 Å². The first-order valence-electron chi connectivity index (χ1n) is 12.1. The number of hydrogen-bond donors (Lipinski definition) is 1. The summed E-state index contributed by atoms with van der Waals surface area (Å²) >= 11 is 0. The topological polar surface area (TPSA) is 88.9 Å². The van der Waals surface area contributed by atoms with Gasteiger partial charge in [-0.15, -0.1) is 5.10 Å². The number of pyridine rings is 1. The summed E-state index contributed by atoms with van der Waals surface area (Å²) in [6.07, 6.45) is 5.41. The van der Waals surface area contributed by atoms with Crippen LogP contribution in [0, 0.1) is 0 Å². The summed E-state index contributed by atoms with van der Waals surface area (Å²) in [5.74, 6) is 1.52. The summed E-state index contributed by atoms with van der Waals surface area (Å²) in [4.78, 5) is 18.9. The fraction of sp³-hybridized carbons (Fsp3) is 0.385. The van der Waals surface area contributed by atoms with Crippen LogP contribution in [0.1, 0.15) is 61.6 Å². The molecule has 0 bridgehead atoms. The molecule has 4 aromatic rings. The molecule has 1 atom stereocenters. The summed E-state index contributed by atoms with van der Waals surface area (Å²) in [5.41, 5.74) is 3.73. The predicted molar refractivity (Wildman–Crippen MR) is 130 cm³/mol. The van der Waals surface area contributed by atoms with Crippen molar-refractivity contribution in [1.82, 2.24) is 25.2 Å². The summed E-state index contributed by atoms with van der Waals surface area (Å²) in [6, 6.07) is 16.0. The molecule has 2 aliphatic rings. The second-order valence-electron chi connectivity index (χ2n) is 9.13. The van der Waals surface area contributed by atoms with Crippen molar-refractivity contribution in [2.45, 2.75) is 51.1 Å². The van der Waals surface area contributed by atoms with E-state index in [0.29, 0.717) is 12.2 Å². The van der Waals surface area contributed by atoms with Crippen LogP contribution in [0.5, 0.6) is 5.75 Å². The lowest BCUT2D eigenvalue weighted by Crippen LogP contribution is -2.34. The van der Waals surface area contributed by atoms with Gasteiger partial charge in [0, 0.05) is 28.7 Å². The van der Waals surface area contributed by atoms with Crippen molar-refractivity contribution in [2.75, 3.05) is 18.1 Å². The largest absolute Gasteiger partial charge is 0.494 e. The molecule has 0 radical (unpaired) electrons. The lowest BCUT2D eigenvalue weighted by Gasteiger charge is -2.30. The van der Waals surface area contributed by atoms with Gasteiger partial charge >= 0.3 is 0 Å². The molecule has 1 saturated carbocycles. The van der Waals surface area contributed by atoms with Crippen molar-refractivity contribution in [2.24, 2.45) is 0 Å². The van der Waals surface area contributed by atoms with Gasteiger partial charge in [-0.25, -0.2) is 4.68 Å². The first kappa shape index (κ1) is 20.9. The van der Waals surface area contributed by atoms with Crippen molar-refractivity contribution in [1.29, 1.82) is 0 Å². The van der Waals surface area contributed by atoms with E-state index in [9.17, 15) is 4.79 Å². The van der Waals surface area contributed by atoms with E-state index in [0.717, 1.165) is 54.0 Å². The third-order valence-electron chi connectivity index (χ3n) is 7.12. The number of benzene rings is 2. The predicted octanol–water partition coefficient (Wildman–Crippen LogP) is 4.18. The van der Waals surface area contributed by atoms with E-state index >= 15 is 0 Å². The Balaban J connectivity index is 1.54. The number of hydrogen-bond acceptors (Lipinski definition) is 6. The zero-order chi connectivity index (χ0) is 23.1. The zero-order valence-electron chi connectivity index (χ0n) is 19.3. The van der Waals surface area contributed by atoms with Crippen LogP contribution in [0.2, 0.25) is 0 Å². The van der Waals surface area contributed by atoms with Crippen LogP contribution in [-0.2, 0) is 6.42 Å². The molecule has 3 heterocycles. The molecule has 8 nitrogen and oxygen atoms in total. The molecule has 6 rings (SSSR count). The summed E-state index contributed by atoms with van der Waals surface area (Å²) in [7, 11) is 0. The minimum absolute atomic E-state index is 0.119. The number of nitrogens with zero attached hydrogens (tertiary/aromatic N) is 5. The minimum atomic E-state index is -0.386. The number of ether oxygens (including phenoxy) is 1. The van der Waals surface area contributed by atoms with E-state index in [1.54, 1.807) is 0 Å². The van der Waals surface area contributed by atoms with Crippen molar-refractivity contribution in [3.63, 3.8) is 0 Å². The second-order valence-corrected chi connectivity index (χ2v) is 9.13. The average Bonchev–Trinajstić information content (AvgIpc) is 3.61. The Labute approximate surface area is 197 Å². The maximum atomic E-state index is 13.5. The molecule has 0 amide bonds. The van der Waals surface area contributed by atoms with Crippen LogP contribution in [0.15, 0.2) is 53.3 Å². The molecule has 2 aromatic carbocycles. The SMILES string of the molecule is CCOc1ccc2[nH]c(=O)c([C@@H](c3nnnn3C3CCCC3)N3CCc4ccccc43)cc2c1. The number of fused-ring (bicyclic) bond motifs is 2. The minimum Gasteiger partial charge on any atom is -0.494 e. The van der Waals surface area contributed by atoms with E-state index in [2.05, 4.69) is 43.6 Å². The molecule has 1 N–H and O–H groups in total. The molecular formula is C26H28N6O2. The first-order chi connectivity index (χ1) is 16.7. The monoisotopic (exact) mass is 456 g/mol. The Morgan fingerprint density at radius 1 is 1.15 bits per heavy atom. The molecule has 34 heavy (non-hydrogen) atoms. The van der Waals surface area contributed by atoms with E-state index < -0.39 is 0 Å². The highest BCUT2D eigenvalue weighted by atomic mass is 16.5. The van der Waals surface area contributed by atoms with Crippen molar-refractivity contribution < 1.29 is 4.74 Å². The normalized spacial score (nSPS) is 16.8. The van der Waals surface area contributed by atoms with E-state index in [-0.39, 0.29) is 17.6 Å². The van der Waals surface area contributed by atoms with Gasteiger partial charge in [-0.05, 0) is 72.5 Å². The molecule has 1 fully saturated rings. The maximum Gasteiger partial charge on any atom is 0.254 e. The van der Waals surface area contributed by atoms with E-state index in [1.807, 2.05) is 41.9 Å². The van der Waals surface area contributed by atoms with Crippen LogP contribution in [0.4, 0.5) is 5.69 Å². The Bertz CT molecular complexity index is 1390. The molecule has 2 aromatic heterocycles. The van der Waals surface area contributed by atoms with E-state index in [4.69, 9.17) is 4.74 Å². The Morgan fingerprint density at radius 3 is 2.85 bits per heavy atom. The van der Waals surface area contributed by atoms with Gasteiger partial charge in [-0.2, -0.15) is 0 Å². The molecule has 0 spiro atoms. The lowest BCUT2D eigenvalue weighted by molar-refractivity contribution is 0.340. The number of para-hydroxylation sites is 1.